The van der Waals surface area contributed by atoms with Gasteiger partial charge in [0.2, 0.25) is 0 Å². The minimum atomic E-state index is 0.694. The van der Waals surface area contributed by atoms with Gasteiger partial charge in [0.15, 0.2) is 0 Å². The molecule has 0 N–H and O–H groups in total. The number of hydrogen-bond donors (Lipinski definition) is 0. The summed E-state index contributed by atoms with van der Waals surface area (Å²) in [4.78, 5) is 0. The van der Waals surface area contributed by atoms with E-state index in [1.54, 1.807) is 0 Å². The summed E-state index contributed by atoms with van der Waals surface area (Å²) in [5.74, 6) is 0.694. The lowest BCUT2D eigenvalue weighted by Gasteiger charge is -2.14. The Bertz CT molecular complexity index is 493. The summed E-state index contributed by atoms with van der Waals surface area (Å²) in [7, 11) is 0. The normalized spacial score (nSPS) is 12.3. The molecule has 0 aliphatic rings. The minimum absolute atomic E-state index is 0.694. The van der Waals surface area contributed by atoms with E-state index in [0.717, 1.165) is 16.8 Å². The molecule has 2 aromatic carbocycles. The van der Waals surface area contributed by atoms with Gasteiger partial charge in [-0.2, -0.15) is 0 Å². The third kappa shape index (κ3) is 5.30. The van der Waals surface area contributed by atoms with E-state index in [2.05, 4.69) is 58.4 Å². The van der Waals surface area contributed by atoms with E-state index in [-0.39, 0.29) is 0 Å². The quantitative estimate of drug-likeness (QED) is 0.543. The van der Waals surface area contributed by atoms with Crippen LogP contribution < -0.4 is 0 Å². The van der Waals surface area contributed by atoms with Gasteiger partial charge in [0.05, 0.1) is 0 Å². The van der Waals surface area contributed by atoms with Crippen LogP contribution in [-0.2, 0) is 12.8 Å². The highest BCUT2D eigenvalue weighted by atomic mass is 79.9. The van der Waals surface area contributed by atoms with E-state index >= 15 is 0 Å². The van der Waals surface area contributed by atoms with Crippen LogP contribution in [0.25, 0.3) is 0 Å². The molecule has 0 nitrogen and oxygen atoms in total. The van der Waals surface area contributed by atoms with Crippen LogP contribution >= 0.6 is 27.5 Å². The second kappa shape index (κ2) is 8.49. The summed E-state index contributed by atoms with van der Waals surface area (Å²) in [5.41, 5.74) is 2.81. The first-order chi connectivity index (χ1) is 9.78. The molecular formula is C18H20BrCl. The monoisotopic (exact) mass is 350 g/mol. The molecule has 0 amide bonds. The van der Waals surface area contributed by atoms with E-state index < -0.39 is 0 Å². The van der Waals surface area contributed by atoms with Crippen molar-refractivity contribution in [3.05, 3.63) is 70.7 Å². The van der Waals surface area contributed by atoms with E-state index in [0.29, 0.717) is 5.92 Å². The van der Waals surface area contributed by atoms with E-state index in [1.807, 2.05) is 12.1 Å². The summed E-state index contributed by atoms with van der Waals surface area (Å²) in [6.07, 6.45) is 4.79. The van der Waals surface area contributed by atoms with Gasteiger partial charge in [0.25, 0.3) is 0 Å². The highest BCUT2D eigenvalue weighted by Gasteiger charge is 2.08. The van der Waals surface area contributed by atoms with Crippen LogP contribution in [-0.4, -0.2) is 5.33 Å². The highest BCUT2D eigenvalue weighted by molar-refractivity contribution is 9.09. The summed E-state index contributed by atoms with van der Waals surface area (Å²) < 4.78 is 0. The van der Waals surface area contributed by atoms with Crippen LogP contribution in [0.15, 0.2) is 54.6 Å². The Hall–Kier alpha value is -0.790. The molecule has 0 bridgehead atoms. The van der Waals surface area contributed by atoms with Crippen molar-refractivity contribution in [1.82, 2.24) is 0 Å². The highest BCUT2D eigenvalue weighted by Crippen LogP contribution is 2.19. The molecule has 0 aliphatic heterocycles. The second-order valence-electron chi connectivity index (χ2n) is 5.23. The van der Waals surface area contributed by atoms with Crippen molar-refractivity contribution in [3.8, 4) is 0 Å². The van der Waals surface area contributed by atoms with Crippen LogP contribution in [0, 0.1) is 5.92 Å². The Kier molecular flexibility index (Phi) is 6.62. The molecule has 0 heterocycles. The van der Waals surface area contributed by atoms with Crippen molar-refractivity contribution >= 4 is 27.5 Å². The van der Waals surface area contributed by atoms with Crippen molar-refractivity contribution in [1.29, 1.82) is 0 Å². The molecule has 0 spiro atoms. The Morgan fingerprint density at radius 3 is 2.25 bits per heavy atom. The number of aryl methyl sites for hydroxylation is 1. The van der Waals surface area contributed by atoms with Crippen molar-refractivity contribution in [2.45, 2.75) is 25.7 Å². The molecule has 0 saturated heterocycles. The predicted octanol–water partition coefficient (Wildman–Crippen LogP) is 5.92. The van der Waals surface area contributed by atoms with Crippen molar-refractivity contribution < 1.29 is 0 Å². The topological polar surface area (TPSA) is 0 Å². The van der Waals surface area contributed by atoms with Gasteiger partial charge in [-0.1, -0.05) is 70.0 Å². The minimum Gasteiger partial charge on any atom is -0.0925 e. The fraction of sp³-hybridized carbons (Fsp3) is 0.333. The van der Waals surface area contributed by atoms with Gasteiger partial charge < -0.3 is 0 Å². The molecule has 0 saturated carbocycles. The van der Waals surface area contributed by atoms with Gasteiger partial charge in [0, 0.05) is 10.4 Å². The first kappa shape index (κ1) is 15.6. The number of halogens is 2. The Morgan fingerprint density at radius 2 is 1.60 bits per heavy atom. The van der Waals surface area contributed by atoms with Gasteiger partial charge in [-0.3, -0.25) is 0 Å². The first-order valence-electron chi connectivity index (χ1n) is 7.12. The smallest absolute Gasteiger partial charge is 0.0406 e. The van der Waals surface area contributed by atoms with Crippen molar-refractivity contribution in [2.24, 2.45) is 5.92 Å². The van der Waals surface area contributed by atoms with Gasteiger partial charge in [0.1, 0.15) is 0 Å². The molecule has 2 heteroatoms. The molecule has 1 atom stereocenters. The SMILES string of the molecule is Clc1ccc(CC(CBr)CCCc2ccccc2)cc1. The zero-order valence-electron chi connectivity index (χ0n) is 11.6. The van der Waals surface area contributed by atoms with E-state index in [1.165, 1.54) is 30.4 Å². The molecule has 0 aliphatic carbocycles. The average molecular weight is 352 g/mol. The predicted molar refractivity (Wildman–Crippen MR) is 91.8 cm³/mol. The maximum atomic E-state index is 5.92. The molecule has 0 fully saturated rings. The molecular weight excluding hydrogens is 332 g/mol. The fourth-order valence-corrected chi connectivity index (χ4v) is 3.11. The molecule has 1 unspecified atom stereocenters. The fourth-order valence-electron chi connectivity index (χ4n) is 2.43. The lowest BCUT2D eigenvalue weighted by Crippen LogP contribution is -2.07. The van der Waals surface area contributed by atoms with Crippen LogP contribution in [0.2, 0.25) is 5.02 Å². The largest absolute Gasteiger partial charge is 0.0925 e. The standard InChI is InChI=1S/C18H20BrCl/c19-14-17(13-16-9-11-18(20)12-10-16)8-4-7-15-5-2-1-3-6-15/h1-3,5-6,9-12,17H,4,7-8,13-14H2. The van der Waals surface area contributed by atoms with Crippen LogP contribution in [0.3, 0.4) is 0 Å². The molecule has 20 heavy (non-hydrogen) atoms. The van der Waals surface area contributed by atoms with Gasteiger partial charge >= 0.3 is 0 Å². The Morgan fingerprint density at radius 1 is 0.900 bits per heavy atom. The molecule has 0 aromatic heterocycles. The second-order valence-corrected chi connectivity index (χ2v) is 6.31. The maximum Gasteiger partial charge on any atom is 0.0406 e. The van der Waals surface area contributed by atoms with Crippen molar-refractivity contribution in [3.63, 3.8) is 0 Å². The third-order valence-corrected chi connectivity index (χ3v) is 4.74. The zero-order chi connectivity index (χ0) is 14.2. The van der Waals surface area contributed by atoms with Crippen molar-refractivity contribution in [2.75, 3.05) is 5.33 Å². The van der Waals surface area contributed by atoms with Gasteiger partial charge in [-0.05, 0) is 54.9 Å². The summed E-state index contributed by atoms with van der Waals surface area (Å²) in [6, 6.07) is 19.0. The average Bonchev–Trinajstić information content (AvgIpc) is 2.49. The van der Waals surface area contributed by atoms with E-state index in [4.69, 9.17) is 11.6 Å². The maximum absolute atomic E-state index is 5.92. The number of benzene rings is 2. The Balaban J connectivity index is 1.79. The number of alkyl halides is 1. The number of hydrogen-bond acceptors (Lipinski definition) is 0. The van der Waals surface area contributed by atoms with E-state index in [9.17, 15) is 0 Å². The van der Waals surface area contributed by atoms with Gasteiger partial charge in [-0.25, -0.2) is 0 Å². The zero-order valence-corrected chi connectivity index (χ0v) is 13.9. The summed E-state index contributed by atoms with van der Waals surface area (Å²) in [6.45, 7) is 0. The lowest BCUT2D eigenvalue weighted by atomic mass is 9.95. The third-order valence-electron chi connectivity index (χ3n) is 3.58. The molecule has 2 rings (SSSR count). The summed E-state index contributed by atoms with van der Waals surface area (Å²) in [5, 5.41) is 1.87. The van der Waals surface area contributed by atoms with Crippen LogP contribution in [0.5, 0.6) is 0 Å². The van der Waals surface area contributed by atoms with Crippen LogP contribution in [0.4, 0.5) is 0 Å². The lowest BCUT2D eigenvalue weighted by molar-refractivity contribution is 0.518. The number of rotatable bonds is 7. The first-order valence-corrected chi connectivity index (χ1v) is 8.62. The molecule has 106 valence electrons. The van der Waals surface area contributed by atoms with Gasteiger partial charge in [-0.15, -0.1) is 0 Å². The Labute approximate surface area is 135 Å². The summed E-state index contributed by atoms with van der Waals surface area (Å²) >= 11 is 9.57. The molecule has 2 aromatic rings. The molecule has 0 radical (unpaired) electrons. The van der Waals surface area contributed by atoms with Crippen LogP contribution in [0.1, 0.15) is 24.0 Å².